The van der Waals surface area contributed by atoms with E-state index in [9.17, 15) is 5.11 Å². The van der Waals surface area contributed by atoms with E-state index in [0.29, 0.717) is 18.1 Å². The van der Waals surface area contributed by atoms with Crippen LogP contribution in [0.2, 0.25) is 0 Å². The van der Waals surface area contributed by atoms with Gasteiger partial charge in [-0.2, -0.15) is 0 Å². The van der Waals surface area contributed by atoms with Crippen molar-refractivity contribution in [1.29, 1.82) is 0 Å². The van der Waals surface area contributed by atoms with Crippen molar-refractivity contribution < 1.29 is 5.11 Å². The van der Waals surface area contributed by atoms with Crippen LogP contribution in [0.5, 0.6) is 0 Å². The average molecular weight is 465 g/mol. The molecule has 3 rings (SSSR count). The highest BCUT2D eigenvalue weighted by molar-refractivity contribution is 6.09. The molecule has 0 amide bonds. The minimum Gasteiger partial charge on any atom is -0.389 e. The summed E-state index contributed by atoms with van der Waals surface area (Å²) >= 11 is 0. The van der Waals surface area contributed by atoms with Gasteiger partial charge in [0, 0.05) is 29.2 Å². The molecule has 3 N–H and O–H groups in total. The standard InChI is InChI=1S/C30H32N4O/c1-5-6-8-12-21(2)18-33-30(31)29-27(24-13-9-7-10-14-24)15-11-16-28(29)34-22(3)25-17-26(23(4)35)20-32-19-25/h5-17,19-20,23,35H,2,18H2,1,3-4H3,(H2,31,33)/b6-5-,12-8-,34-22?. The largest absolute Gasteiger partial charge is 0.389 e. The monoisotopic (exact) mass is 464 g/mol. The molecule has 1 heterocycles. The van der Waals surface area contributed by atoms with E-state index in [0.717, 1.165) is 39.1 Å². The van der Waals surface area contributed by atoms with Crippen molar-refractivity contribution in [2.45, 2.75) is 26.9 Å². The maximum atomic E-state index is 9.94. The summed E-state index contributed by atoms with van der Waals surface area (Å²) < 4.78 is 0. The van der Waals surface area contributed by atoms with E-state index in [-0.39, 0.29) is 0 Å². The topological polar surface area (TPSA) is 83.9 Å². The van der Waals surface area contributed by atoms with Crippen LogP contribution >= 0.6 is 0 Å². The van der Waals surface area contributed by atoms with Gasteiger partial charge in [0.25, 0.3) is 0 Å². The van der Waals surface area contributed by atoms with Crippen molar-refractivity contribution in [2.75, 3.05) is 6.54 Å². The van der Waals surface area contributed by atoms with Crippen molar-refractivity contribution in [2.24, 2.45) is 15.7 Å². The number of pyridine rings is 1. The molecule has 0 aliphatic rings. The Bertz CT molecular complexity index is 1280. The zero-order valence-corrected chi connectivity index (χ0v) is 20.5. The van der Waals surface area contributed by atoms with Crippen molar-refractivity contribution >= 4 is 17.2 Å². The Morgan fingerprint density at radius 2 is 1.89 bits per heavy atom. The molecule has 0 bridgehead atoms. The zero-order chi connectivity index (χ0) is 25.2. The average Bonchev–Trinajstić information content (AvgIpc) is 2.88. The van der Waals surface area contributed by atoms with E-state index in [1.165, 1.54) is 0 Å². The van der Waals surface area contributed by atoms with Gasteiger partial charge in [0.2, 0.25) is 0 Å². The first-order valence-corrected chi connectivity index (χ1v) is 11.5. The number of nitrogens with zero attached hydrogens (tertiary/aromatic N) is 3. The van der Waals surface area contributed by atoms with E-state index >= 15 is 0 Å². The molecule has 5 nitrogen and oxygen atoms in total. The number of nitrogens with two attached hydrogens (primary N) is 1. The Balaban J connectivity index is 2.08. The Kier molecular flexibility index (Phi) is 9.04. The lowest BCUT2D eigenvalue weighted by Crippen LogP contribution is -2.16. The number of benzene rings is 2. The molecule has 0 aliphatic heterocycles. The van der Waals surface area contributed by atoms with Gasteiger partial charge in [-0.3, -0.25) is 15.0 Å². The molecule has 1 aromatic heterocycles. The second kappa shape index (κ2) is 12.4. The minimum absolute atomic E-state index is 0.380. The lowest BCUT2D eigenvalue weighted by Gasteiger charge is -2.14. The Labute approximate surface area is 207 Å². The van der Waals surface area contributed by atoms with Gasteiger partial charge in [-0.15, -0.1) is 0 Å². The highest BCUT2D eigenvalue weighted by Crippen LogP contribution is 2.31. The highest BCUT2D eigenvalue weighted by atomic mass is 16.3. The predicted molar refractivity (Wildman–Crippen MR) is 147 cm³/mol. The van der Waals surface area contributed by atoms with E-state index in [1.807, 2.05) is 92.7 Å². The number of amidine groups is 1. The fraction of sp³-hybridized carbons (Fsp3) is 0.167. The lowest BCUT2D eigenvalue weighted by molar-refractivity contribution is 0.199. The van der Waals surface area contributed by atoms with Gasteiger partial charge in [0.1, 0.15) is 5.84 Å². The number of aliphatic imine (C=N–C) groups is 2. The van der Waals surface area contributed by atoms with Crippen LogP contribution in [0.25, 0.3) is 11.1 Å². The van der Waals surface area contributed by atoms with Gasteiger partial charge in [-0.05, 0) is 55.2 Å². The van der Waals surface area contributed by atoms with Crippen LogP contribution < -0.4 is 5.73 Å². The number of hydrogen-bond donors (Lipinski definition) is 2. The number of allylic oxidation sites excluding steroid dienone is 3. The maximum Gasteiger partial charge on any atom is 0.128 e. The Morgan fingerprint density at radius 3 is 2.60 bits per heavy atom. The second-order valence-corrected chi connectivity index (χ2v) is 8.19. The van der Waals surface area contributed by atoms with Gasteiger partial charge in [-0.1, -0.05) is 73.3 Å². The number of aromatic nitrogens is 1. The van der Waals surface area contributed by atoms with Gasteiger partial charge in [-0.25, -0.2) is 0 Å². The van der Waals surface area contributed by atoms with Crippen LogP contribution in [0.3, 0.4) is 0 Å². The first-order valence-electron chi connectivity index (χ1n) is 11.5. The SMILES string of the molecule is C=C(/C=C\C=C/C)CN=C(N)c1c(N=C(C)c2cncc(C(C)O)c2)cccc1-c1ccccc1. The first-order chi connectivity index (χ1) is 16.9. The molecule has 0 saturated carbocycles. The van der Waals surface area contributed by atoms with Crippen molar-refractivity contribution in [3.8, 4) is 11.1 Å². The molecule has 178 valence electrons. The summed E-state index contributed by atoms with van der Waals surface area (Å²) in [7, 11) is 0. The quantitative estimate of drug-likeness (QED) is 0.220. The molecule has 0 saturated heterocycles. The number of rotatable bonds is 9. The smallest absolute Gasteiger partial charge is 0.128 e. The molecular weight excluding hydrogens is 432 g/mol. The van der Waals surface area contributed by atoms with Crippen LogP contribution in [-0.4, -0.2) is 28.2 Å². The third kappa shape index (κ3) is 6.95. The third-order valence-corrected chi connectivity index (χ3v) is 5.42. The van der Waals surface area contributed by atoms with E-state index in [1.54, 1.807) is 19.3 Å². The van der Waals surface area contributed by atoms with E-state index in [4.69, 9.17) is 10.7 Å². The fourth-order valence-corrected chi connectivity index (χ4v) is 3.51. The number of aliphatic hydroxyl groups excluding tert-OH is 1. The summed E-state index contributed by atoms with van der Waals surface area (Å²) in [5.74, 6) is 0.396. The maximum absolute atomic E-state index is 9.94. The Hall–Kier alpha value is -4.09. The molecule has 2 aromatic carbocycles. The van der Waals surface area contributed by atoms with Crippen LogP contribution in [-0.2, 0) is 0 Å². The highest BCUT2D eigenvalue weighted by Gasteiger charge is 2.15. The molecule has 1 atom stereocenters. The molecule has 3 aromatic rings. The molecule has 35 heavy (non-hydrogen) atoms. The van der Waals surface area contributed by atoms with Gasteiger partial charge >= 0.3 is 0 Å². The number of aliphatic hydroxyl groups is 1. The zero-order valence-electron chi connectivity index (χ0n) is 20.5. The predicted octanol–water partition coefficient (Wildman–Crippen LogP) is 6.34. The van der Waals surface area contributed by atoms with Crippen molar-refractivity contribution in [3.05, 3.63) is 120 Å². The van der Waals surface area contributed by atoms with Crippen molar-refractivity contribution in [3.63, 3.8) is 0 Å². The second-order valence-electron chi connectivity index (χ2n) is 8.19. The van der Waals surface area contributed by atoms with Crippen molar-refractivity contribution in [1.82, 2.24) is 4.98 Å². The lowest BCUT2D eigenvalue weighted by atomic mass is 9.97. The molecule has 0 spiro atoms. The summed E-state index contributed by atoms with van der Waals surface area (Å²) in [4.78, 5) is 13.8. The first kappa shape index (κ1) is 25.5. The Morgan fingerprint density at radius 1 is 1.11 bits per heavy atom. The molecular formula is C30H32N4O. The van der Waals surface area contributed by atoms with Gasteiger partial charge in [0.15, 0.2) is 0 Å². The fourth-order valence-electron chi connectivity index (χ4n) is 3.51. The molecule has 0 aliphatic carbocycles. The normalized spacial score (nSPS) is 13.5. The summed E-state index contributed by atoms with van der Waals surface area (Å²) in [6.07, 6.45) is 10.5. The van der Waals surface area contributed by atoms with Crippen LogP contribution in [0.4, 0.5) is 5.69 Å². The van der Waals surface area contributed by atoms with Crippen LogP contribution in [0.1, 0.15) is 43.6 Å². The summed E-state index contributed by atoms with van der Waals surface area (Å²) in [6, 6.07) is 17.9. The molecule has 5 heteroatoms. The van der Waals surface area contributed by atoms with Crippen LogP contribution in [0.15, 0.2) is 113 Å². The molecule has 1 unspecified atom stereocenters. The minimum atomic E-state index is -0.607. The summed E-state index contributed by atoms with van der Waals surface area (Å²) in [6.45, 7) is 10.0. The molecule has 0 radical (unpaired) electrons. The van der Waals surface area contributed by atoms with Crippen LogP contribution in [0, 0.1) is 0 Å². The third-order valence-electron chi connectivity index (χ3n) is 5.42. The summed E-state index contributed by atoms with van der Waals surface area (Å²) in [5.41, 5.74) is 13.2. The van der Waals surface area contributed by atoms with Gasteiger partial charge in [0.05, 0.1) is 18.3 Å². The molecule has 0 fully saturated rings. The van der Waals surface area contributed by atoms with E-state index < -0.39 is 6.10 Å². The summed E-state index contributed by atoms with van der Waals surface area (Å²) in [5, 5.41) is 9.94. The number of hydrogen-bond acceptors (Lipinski definition) is 4. The van der Waals surface area contributed by atoms with E-state index in [2.05, 4.69) is 16.6 Å². The van der Waals surface area contributed by atoms with Gasteiger partial charge < -0.3 is 10.8 Å².